The van der Waals surface area contributed by atoms with Gasteiger partial charge in [-0.25, -0.2) is 4.39 Å². The molecule has 0 aliphatic rings. The number of anilines is 1. The van der Waals surface area contributed by atoms with Gasteiger partial charge in [0.1, 0.15) is 5.82 Å². The quantitative estimate of drug-likeness (QED) is 0.898. The summed E-state index contributed by atoms with van der Waals surface area (Å²) >= 11 is 3.18. The van der Waals surface area contributed by atoms with Gasteiger partial charge in [0.25, 0.3) is 0 Å². The van der Waals surface area contributed by atoms with Crippen LogP contribution in [0.4, 0.5) is 10.1 Å². The normalized spacial score (nSPS) is 12.6. The fourth-order valence-electron chi connectivity index (χ4n) is 1.45. The van der Waals surface area contributed by atoms with Crippen molar-refractivity contribution in [1.82, 2.24) is 0 Å². The minimum absolute atomic E-state index is 0.136. The van der Waals surface area contributed by atoms with E-state index >= 15 is 0 Å². The summed E-state index contributed by atoms with van der Waals surface area (Å²) in [7, 11) is 0. The predicted octanol–water partition coefficient (Wildman–Crippen LogP) is 2.90. The molecule has 0 fully saturated rings. The second kappa shape index (κ2) is 6.12. The van der Waals surface area contributed by atoms with Crippen molar-refractivity contribution < 1.29 is 9.18 Å². The minimum atomic E-state index is -0.624. The summed E-state index contributed by atoms with van der Waals surface area (Å²) < 4.78 is 14.0. The number of carbonyl (C=O) groups excluding carboxylic acids is 1. The van der Waals surface area contributed by atoms with Crippen LogP contribution >= 0.6 is 15.9 Å². The van der Waals surface area contributed by atoms with E-state index in [4.69, 9.17) is 5.73 Å². The van der Waals surface area contributed by atoms with Crippen LogP contribution in [0.15, 0.2) is 22.7 Å². The molecule has 1 rings (SSSR count). The molecule has 1 amide bonds. The largest absolute Gasteiger partial charge is 0.321 e. The Bertz CT molecular complexity index is 389. The van der Waals surface area contributed by atoms with Gasteiger partial charge < -0.3 is 11.1 Å². The van der Waals surface area contributed by atoms with Crippen molar-refractivity contribution in [3.63, 3.8) is 0 Å². The van der Waals surface area contributed by atoms with Gasteiger partial charge in [0.2, 0.25) is 5.91 Å². The molecule has 0 unspecified atom stereocenters. The predicted molar refractivity (Wildman–Crippen MR) is 70.2 cm³/mol. The molecule has 5 heteroatoms. The molecule has 0 bridgehead atoms. The van der Waals surface area contributed by atoms with Gasteiger partial charge in [-0.3, -0.25) is 4.79 Å². The van der Waals surface area contributed by atoms with Crippen LogP contribution in [0.25, 0.3) is 0 Å². The van der Waals surface area contributed by atoms with E-state index in [1.807, 2.05) is 13.8 Å². The van der Waals surface area contributed by atoms with Crippen molar-refractivity contribution in [1.29, 1.82) is 0 Å². The van der Waals surface area contributed by atoms with Crippen LogP contribution in [0.1, 0.15) is 20.3 Å². The Morgan fingerprint density at radius 1 is 1.53 bits per heavy atom. The number of hydrogen-bond acceptors (Lipinski definition) is 2. The third-order valence-electron chi connectivity index (χ3n) is 2.27. The van der Waals surface area contributed by atoms with Gasteiger partial charge in [-0.05, 0) is 40.4 Å². The molecule has 1 aromatic rings. The number of benzene rings is 1. The van der Waals surface area contributed by atoms with Gasteiger partial charge in [0, 0.05) is 4.47 Å². The number of amides is 1. The lowest BCUT2D eigenvalue weighted by atomic mass is 10.0. The highest BCUT2D eigenvalue weighted by molar-refractivity contribution is 9.10. The van der Waals surface area contributed by atoms with E-state index < -0.39 is 11.9 Å². The van der Waals surface area contributed by atoms with E-state index in [-0.39, 0.29) is 11.6 Å². The van der Waals surface area contributed by atoms with Crippen LogP contribution in [0.5, 0.6) is 0 Å². The molecule has 1 aromatic carbocycles. The highest BCUT2D eigenvalue weighted by Gasteiger charge is 2.17. The molecule has 1 atom stereocenters. The molecule has 94 valence electrons. The van der Waals surface area contributed by atoms with E-state index in [9.17, 15) is 9.18 Å². The number of nitrogens with one attached hydrogen (secondary N) is 1. The molecule has 0 radical (unpaired) electrons. The number of rotatable bonds is 4. The maximum absolute atomic E-state index is 13.5. The lowest BCUT2D eigenvalue weighted by molar-refractivity contribution is -0.117. The molecule has 0 aliphatic carbocycles. The smallest absolute Gasteiger partial charge is 0.241 e. The lowest BCUT2D eigenvalue weighted by Gasteiger charge is -2.15. The summed E-state index contributed by atoms with van der Waals surface area (Å²) in [5.41, 5.74) is 5.85. The Balaban J connectivity index is 2.74. The lowest BCUT2D eigenvalue weighted by Crippen LogP contribution is -2.36. The first-order chi connectivity index (χ1) is 7.91. The first-order valence-electron chi connectivity index (χ1n) is 5.42. The van der Waals surface area contributed by atoms with Crippen LogP contribution < -0.4 is 11.1 Å². The van der Waals surface area contributed by atoms with E-state index in [0.29, 0.717) is 16.8 Å². The molecular formula is C12H16BrFN2O. The Hall–Kier alpha value is -0.940. The van der Waals surface area contributed by atoms with Crippen LogP contribution in [-0.4, -0.2) is 11.9 Å². The van der Waals surface area contributed by atoms with Gasteiger partial charge in [-0.15, -0.1) is 0 Å². The first-order valence-corrected chi connectivity index (χ1v) is 6.21. The van der Waals surface area contributed by atoms with E-state index in [1.165, 1.54) is 6.07 Å². The summed E-state index contributed by atoms with van der Waals surface area (Å²) in [6.45, 7) is 3.96. The van der Waals surface area contributed by atoms with E-state index in [1.54, 1.807) is 12.1 Å². The summed E-state index contributed by atoms with van der Waals surface area (Å²) in [6.07, 6.45) is 0.567. The van der Waals surface area contributed by atoms with Gasteiger partial charge in [-0.2, -0.15) is 0 Å². The zero-order valence-corrected chi connectivity index (χ0v) is 11.4. The maximum Gasteiger partial charge on any atom is 0.241 e. The Morgan fingerprint density at radius 2 is 2.18 bits per heavy atom. The Kier molecular flexibility index (Phi) is 5.08. The summed E-state index contributed by atoms with van der Waals surface area (Å²) in [4.78, 5) is 11.7. The zero-order valence-electron chi connectivity index (χ0n) is 9.84. The molecule has 0 spiro atoms. The van der Waals surface area contributed by atoms with Crippen molar-refractivity contribution in [3.8, 4) is 0 Å². The summed E-state index contributed by atoms with van der Waals surface area (Å²) in [6, 6.07) is 3.88. The van der Waals surface area contributed by atoms with Crippen LogP contribution in [0, 0.1) is 11.7 Å². The van der Waals surface area contributed by atoms with Gasteiger partial charge >= 0.3 is 0 Å². The average Bonchev–Trinajstić information content (AvgIpc) is 2.22. The second-order valence-electron chi connectivity index (χ2n) is 4.32. The van der Waals surface area contributed by atoms with Crippen molar-refractivity contribution in [3.05, 3.63) is 28.5 Å². The zero-order chi connectivity index (χ0) is 13.0. The SMILES string of the molecule is CC(C)C[C@H](N)C(=O)Nc1c(F)cccc1Br. The van der Waals surface area contributed by atoms with Gasteiger partial charge in [-0.1, -0.05) is 19.9 Å². The molecular weight excluding hydrogens is 287 g/mol. The third-order valence-corrected chi connectivity index (χ3v) is 2.93. The molecule has 0 aromatic heterocycles. The van der Waals surface area contributed by atoms with Gasteiger partial charge in [0.15, 0.2) is 0 Å². The molecule has 3 nitrogen and oxygen atoms in total. The number of nitrogens with two attached hydrogens (primary N) is 1. The van der Waals surface area contributed by atoms with E-state index in [2.05, 4.69) is 21.2 Å². The third kappa shape index (κ3) is 4.09. The minimum Gasteiger partial charge on any atom is -0.321 e. The van der Waals surface area contributed by atoms with Crippen molar-refractivity contribution >= 4 is 27.5 Å². The molecule has 0 aliphatic heterocycles. The second-order valence-corrected chi connectivity index (χ2v) is 5.18. The maximum atomic E-state index is 13.5. The number of hydrogen-bond donors (Lipinski definition) is 2. The molecule has 0 saturated carbocycles. The number of halogens is 2. The monoisotopic (exact) mass is 302 g/mol. The molecule has 17 heavy (non-hydrogen) atoms. The van der Waals surface area contributed by atoms with Crippen molar-refractivity contribution in [2.75, 3.05) is 5.32 Å². The highest BCUT2D eigenvalue weighted by atomic mass is 79.9. The van der Waals surface area contributed by atoms with Crippen molar-refractivity contribution in [2.24, 2.45) is 11.7 Å². The molecule has 0 heterocycles. The number of para-hydroxylation sites is 1. The first kappa shape index (κ1) is 14.1. The summed E-state index contributed by atoms with van der Waals surface area (Å²) in [5, 5.41) is 2.50. The standard InChI is InChI=1S/C12H16BrFN2O/c1-7(2)6-10(15)12(17)16-11-8(13)4-3-5-9(11)14/h3-5,7,10H,6,15H2,1-2H3,(H,16,17)/t10-/m0/s1. The van der Waals surface area contributed by atoms with Crippen LogP contribution in [-0.2, 0) is 4.79 Å². The Morgan fingerprint density at radius 3 is 2.71 bits per heavy atom. The van der Waals surface area contributed by atoms with Crippen molar-refractivity contribution in [2.45, 2.75) is 26.3 Å². The molecule has 0 saturated heterocycles. The average molecular weight is 303 g/mol. The fourth-order valence-corrected chi connectivity index (χ4v) is 1.89. The highest BCUT2D eigenvalue weighted by Crippen LogP contribution is 2.25. The molecule has 3 N–H and O–H groups in total. The van der Waals surface area contributed by atoms with Crippen LogP contribution in [0.3, 0.4) is 0 Å². The summed E-state index contributed by atoms with van der Waals surface area (Å²) in [5.74, 6) is -0.534. The van der Waals surface area contributed by atoms with Crippen LogP contribution in [0.2, 0.25) is 0 Å². The Labute approximate surface area is 109 Å². The van der Waals surface area contributed by atoms with E-state index in [0.717, 1.165) is 0 Å². The fraction of sp³-hybridized carbons (Fsp3) is 0.417. The topological polar surface area (TPSA) is 55.1 Å². The van der Waals surface area contributed by atoms with Gasteiger partial charge in [0.05, 0.1) is 11.7 Å². The number of carbonyl (C=O) groups is 1.